The number of nitrogens with one attached hydrogen (secondary N) is 3. The number of benzene rings is 4. The number of hydrogen-bond acceptors (Lipinski definition) is 4. The summed E-state index contributed by atoms with van der Waals surface area (Å²) in [5.41, 5.74) is 2.19. The molecule has 0 aliphatic carbocycles. The first-order valence-corrected chi connectivity index (χ1v) is 12.0. The van der Waals surface area contributed by atoms with E-state index in [1.807, 2.05) is 42.5 Å². The molecular weight excluding hydrogens is 494 g/mol. The summed E-state index contributed by atoms with van der Waals surface area (Å²) in [4.78, 5) is 49.1. The Morgan fingerprint density at radius 2 is 1.44 bits per heavy atom. The molecule has 4 aromatic carbocycles. The van der Waals surface area contributed by atoms with Crippen molar-refractivity contribution in [1.29, 1.82) is 0 Å². The van der Waals surface area contributed by atoms with E-state index in [4.69, 9.17) is 5.11 Å². The average molecular weight is 520 g/mol. The van der Waals surface area contributed by atoms with Crippen LogP contribution in [0.15, 0.2) is 115 Å². The van der Waals surface area contributed by atoms with Crippen molar-refractivity contribution in [2.45, 2.75) is 6.54 Å². The zero-order valence-electron chi connectivity index (χ0n) is 20.8. The standard InChI is InChI=1S/C31H25N3O5/c35-28(17-18-29(36)37)33-26-16-7-5-12-24(26)20-32-31(39)27(34-30(38)22-10-2-1-3-11-22)19-23-14-8-13-21-9-4-6-15-25(21)23/h1-19H,20H2,(H,32,39)(H,33,35)(H,34,38)(H,36,37)/b18-17+,27-19-. The third kappa shape index (κ3) is 7.27. The van der Waals surface area contributed by atoms with Crippen LogP contribution >= 0.6 is 0 Å². The molecule has 0 aliphatic heterocycles. The van der Waals surface area contributed by atoms with Crippen molar-refractivity contribution in [3.05, 3.63) is 132 Å². The number of rotatable bonds is 9. The van der Waals surface area contributed by atoms with E-state index >= 15 is 0 Å². The molecule has 8 heteroatoms. The van der Waals surface area contributed by atoms with Gasteiger partial charge >= 0.3 is 5.97 Å². The molecule has 3 amide bonds. The van der Waals surface area contributed by atoms with Gasteiger partial charge in [0.15, 0.2) is 0 Å². The molecule has 0 spiro atoms. The van der Waals surface area contributed by atoms with E-state index in [0.29, 0.717) is 16.8 Å². The molecule has 4 N–H and O–H groups in total. The van der Waals surface area contributed by atoms with E-state index in [0.717, 1.165) is 28.5 Å². The largest absolute Gasteiger partial charge is 0.478 e. The molecule has 0 fully saturated rings. The highest BCUT2D eigenvalue weighted by Gasteiger charge is 2.16. The van der Waals surface area contributed by atoms with Gasteiger partial charge in [0, 0.05) is 29.9 Å². The number of carbonyl (C=O) groups excluding carboxylic acids is 3. The van der Waals surface area contributed by atoms with Gasteiger partial charge in [-0.3, -0.25) is 14.4 Å². The number of amides is 3. The van der Waals surface area contributed by atoms with Crippen LogP contribution < -0.4 is 16.0 Å². The number of anilines is 1. The first kappa shape index (κ1) is 26.6. The summed E-state index contributed by atoms with van der Waals surface area (Å²) in [5.74, 6) is -2.83. The zero-order chi connectivity index (χ0) is 27.6. The highest BCUT2D eigenvalue weighted by molar-refractivity contribution is 6.07. The Labute approximate surface area is 224 Å². The Morgan fingerprint density at radius 1 is 0.744 bits per heavy atom. The second-order valence-electron chi connectivity index (χ2n) is 8.45. The molecule has 0 atom stereocenters. The lowest BCUT2D eigenvalue weighted by molar-refractivity contribution is -0.131. The molecule has 39 heavy (non-hydrogen) atoms. The maximum absolute atomic E-state index is 13.4. The Morgan fingerprint density at radius 3 is 2.23 bits per heavy atom. The summed E-state index contributed by atoms with van der Waals surface area (Å²) < 4.78 is 0. The number of para-hydroxylation sites is 1. The van der Waals surface area contributed by atoms with Gasteiger partial charge in [0.25, 0.3) is 11.8 Å². The van der Waals surface area contributed by atoms with Gasteiger partial charge in [0.1, 0.15) is 5.70 Å². The molecule has 4 rings (SSSR count). The topological polar surface area (TPSA) is 125 Å². The third-order valence-electron chi connectivity index (χ3n) is 5.74. The van der Waals surface area contributed by atoms with Crippen molar-refractivity contribution in [2.24, 2.45) is 0 Å². The molecule has 4 aromatic rings. The fourth-order valence-corrected chi connectivity index (χ4v) is 3.86. The number of carboxylic acids is 1. The molecule has 0 saturated carbocycles. The Balaban J connectivity index is 1.59. The molecule has 0 aromatic heterocycles. The maximum atomic E-state index is 13.4. The minimum Gasteiger partial charge on any atom is -0.478 e. The van der Waals surface area contributed by atoms with E-state index in [9.17, 15) is 19.2 Å². The summed E-state index contributed by atoms with van der Waals surface area (Å²) in [6.45, 7) is 0.0337. The molecule has 0 saturated heterocycles. The number of hydrogen-bond donors (Lipinski definition) is 4. The molecule has 0 bridgehead atoms. The highest BCUT2D eigenvalue weighted by atomic mass is 16.4. The van der Waals surface area contributed by atoms with Crippen LogP contribution in [0.3, 0.4) is 0 Å². The van der Waals surface area contributed by atoms with Crippen molar-refractivity contribution in [2.75, 3.05) is 5.32 Å². The fourth-order valence-electron chi connectivity index (χ4n) is 3.86. The summed E-state index contributed by atoms with van der Waals surface area (Å²) in [7, 11) is 0. The van der Waals surface area contributed by atoms with Crippen molar-refractivity contribution in [1.82, 2.24) is 10.6 Å². The maximum Gasteiger partial charge on any atom is 0.328 e. The van der Waals surface area contributed by atoms with Gasteiger partial charge in [-0.25, -0.2) is 4.79 Å². The lowest BCUT2D eigenvalue weighted by Crippen LogP contribution is -2.34. The van der Waals surface area contributed by atoms with Gasteiger partial charge in [0.05, 0.1) is 0 Å². The molecule has 0 unspecified atom stereocenters. The molecule has 0 radical (unpaired) electrons. The van der Waals surface area contributed by atoms with Crippen molar-refractivity contribution in [3.63, 3.8) is 0 Å². The van der Waals surface area contributed by atoms with Crippen molar-refractivity contribution in [3.8, 4) is 0 Å². The fraction of sp³-hybridized carbons (Fsp3) is 0.0323. The molecule has 8 nitrogen and oxygen atoms in total. The van der Waals surface area contributed by atoms with Crippen LogP contribution in [-0.2, 0) is 20.9 Å². The van der Waals surface area contributed by atoms with Gasteiger partial charge in [0.2, 0.25) is 5.91 Å². The van der Waals surface area contributed by atoms with Crippen LogP contribution in [-0.4, -0.2) is 28.8 Å². The smallest absolute Gasteiger partial charge is 0.328 e. The molecular formula is C31H25N3O5. The highest BCUT2D eigenvalue weighted by Crippen LogP contribution is 2.21. The molecule has 0 heterocycles. The van der Waals surface area contributed by atoms with Crippen LogP contribution in [0.25, 0.3) is 16.8 Å². The average Bonchev–Trinajstić information content (AvgIpc) is 2.95. The second kappa shape index (κ2) is 12.6. The monoisotopic (exact) mass is 519 g/mol. The first-order chi connectivity index (χ1) is 18.9. The Hall–Kier alpha value is -5.50. The SMILES string of the molecule is O=C(O)/C=C/C(=O)Nc1ccccc1CNC(=O)/C(=C/c1cccc2ccccc12)NC(=O)c1ccccc1. The minimum atomic E-state index is -1.24. The quantitative estimate of drug-likeness (QED) is 0.242. The van der Waals surface area contributed by atoms with Gasteiger partial charge in [-0.1, -0.05) is 78.9 Å². The van der Waals surface area contributed by atoms with Crippen LogP contribution in [0.4, 0.5) is 5.69 Å². The minimum absolute atomic E-state index is 0.0337. The van der Waals surface area contributed by atoms with Gasteiger partial charge in [-0.05, 0) is 46.2 Å². The second-order valence-corrected chi connectivity index (χ2v) is 8.45. The van der Waals surface area contributed by atoms with Crippen LogP contribution in [0, 0.1) is 0 Å². The zero-order valence-corrected chi connectivity index (χ0v) is 20.8. The summed E-state index contributed by atoms with van der Waals surface area (Å²) in [5, 5.41) is 18.8. The summed E-state index contributed by atoms with van der Waals surface area (Å²) in [6.07, 6.45) is 3.27. The predicted octanol–water partition coefficient (Wildman–Crippen LogP) is 4.51. The lowest BCUT2D eigenvalue weighted by Gasteiger charge is -2.14. The Bertz CT molecular complexity index is 1590. The Kier molecular flexibility index (Phi) is 8.61. The molecule has 194 valence electrons. The van der Waals surface area contributed by atoms with Gasteiger partial charge in [-0.2, -0.15) is 0 Å². The van der Waals surface area contributed by atoms with Gasteiger partial charge in [-0.15, -0.1) is 0 Å². The van der Waals surface area contributed by atoms with E-state index in [1.165, 1.54) is 0 Å². The number of aliphatic carboxylic acids is 1. The summed E-state index contributed by atoms with van der Waals surface area (Å²) >= 11 is 0. The predicted molar refractivity (Wildman–Crippen MR) is 150 cm³/mol. The lowest BCUT2D eigenvalue weighted by atomic mass is 10.0. The van der Waals surface area contributed by atoms with E-state index < -0.39 is 23.7 Å². The number of fused-ring (bicyclic) bond motifs is 1. The van der Waals surface area contributed by atoms with Crippen LogP contribution in [0.1, 0.15) is 21.5 Å². The van der Waals surface area contributed by atoms with Crippen molar-refractivity contribution >= 4 is 46.2 Å². The normalized spacial score (nSPS) is 11.2. The van der Waals surface area contributed by atoms with Crippen LogP contribution in [0.2, 0.25) is 0 Å². The summed E-state index contributed by atoms with van der Waals surface area (Å²) in [6, 6.07) is 28.8. The number of carbonyl (C=O) groups is 4. The number of carboxylic acid groups (broad SMARTS) is 1. The van der Waals surface area contributed by atoms with E-state index in [1.54, 1.807) is 60.7 Å². The van der Waals surface area contributed by atoms with Gasteiger partial charge < -0.3 is 21.1 Å². The first-order valence-electron chi connectivity index (χ1n) is 12.0. The van der Waals surface area contributed by atoms with E-state index in [-0.39, 0.29) is 12.2 Å². The van der Waals surface area contributed by atoms with Crippen LogP contribution in [0.5, 0.6) is 0 Å². The molecule has 0 aliphatic rings. The van der Waals surface area contributed by atoms with Crippen molar-refractivity contribution < 1.29 is 24.3 Å². The van der Waals surface area contributed by atoms with E-state index in [2.05, 4.69) is 16.0 Å². The third-order valence-corrected chi connectivity index (χ3v) is 5.74.